The quantitative estimate of drug-likeness (QED) is 0.836. The molecule has 1 N–H and O–H groups in total. The summed E-state index contributed by atoms with van der Waals surface area (Å²) in [5, 5.41) is 14.6. The Balaban J connectivity index is 1.59. The largest absolute Gasteiger partial charge is 0.323 e. The first-order valence-electron chi connectivity index (χ1n) is 7.79. The van der Waals surface area contributed by atoms with Crippen LogP contribution in [0.5, 0.6) is 0 Å². The number of aromatic nitrogens is 4. The monoisotopic (exact) mass is 353 g/mol. The summed E-state index contributed by atoms with van der Waals surface area (Å²) in [6, 6.07) is 3.18. The molecule has 2 aromatic rings. The lowest BCUT2D eigenvalue weighted by molar-refractivity contribution is -0.113. The molecule has 128 valence electrons. The fraction of sp³-hybridized carbons (Fsp3) is 0.467. The van der Waals surface area contributed by atoms with Crippen molar-refractivity contribution in [1.82, 2.24) is 20.2 Å². The first-order valence-corrected chi connectivity index (χ1v) is 8.77. The van der Waals surface area contributed by atoms with Gasteiger partial charge in [-0.05, 0) is 35.4 Å². The van der Waals surface area contributed by atoms with Gasteiger partial charge in [0.25, 0.3) is 0 Å². The average Bonchev–Trinajstić information content (AvgIpc) is 3.06. The third-order valence-electron chi connectivity index (χ3n) is 3.92. The van der Waals surface area contributed by atoms with Gasteiger partial charge in [0.1, 0.15) is 11.6 Å². The summed E-state index contributed by atoms with van der Waals surface area (Å²) in [7, 11) is 0. The maximum atomic E-state index is 13.5. The number of nitrogens with one attached hydrogen (secondary N) is 1. The number of hydrogen-bond acceptors (Lipinski definition) is 5. The molecule has 1 fully saturated rings. The molecule has 3 rings (SSSR count). The van der Waals surface area contributed by atoms with E-state index in [9.17, 15) is 13.6 Å². The minimum Gasteiger partial charge on any atom is -0.323 e. The van der Waals surface area contributed by atoms with Gasteiger partial charge >= 0.3 is 0 Å². The Morgan fingerprint density at radius 3 is 2.88 bits per heavy atom. The van der Waals surface area contributed by atoms with E-state index in [0.29, 0.717) is 5.16 Å². The summed E-state index contributed by atoms with van der Waals surface area (Å²) in [6.45, 7) is 0. The number of rotatable bonds is 5. The molecule has 0 bridgehead atoms. The molecule has 1 amide bonds. The zero-order chi connectivity index (χ0) is 16.9. The van der Waals surface area contributed by atoms with Crippen LogP contribution in [0.25, 0.3) is 0 Å². The number of halogens is 2. The van der Waals surface area contributed by atoms with Crippen LogP contribution in [0.1, 0.15) is 38.1 Å². The molecule has 1 heterocycles. The predicted molar refractivity (Wildman–Crippen MR) is 85.7 cm³/mol. The van der Waals surface area contributed by atoms with Crippen LogP contribution in [0.15, 0.2) is 23.4 Å². The second-order valence-electron chi connectivity index (χ2n) is 5.66. The summed E-state index contributed by atoms with van der Waals surface area (Å²) in [6.07, 6.45) is 5.57. The van der Waals surface area contributed by atoms with Gasteiger partial charge in [-0.2, -0.15) is 0 Å². The minimum atomic E-state index is -0.679. The average molecular weight is 353 g/mol. The third kappa shape index (κ3) is 4.08. The van der Waals surface area contributed by atoms with Crippen LogP contribution in [0.4, 0.5) is 14.5 Å². The number of carbonyl (C=O) groups excluding carboxylic acids is 1. The van der Waals surface area contributed by atoms with E-state index >= 15 is 0 Å². The molecule has 9 heteroatoms. The zero-order valence-electron chi connectivity index (χ0n) is 12.9. The van der Waals surface area contributed by atoms with Crippen molar-refractivity contribution in [1.29, 1.82) is 0 Å². The Bertz CT molecular complexity index is 718. The van der Waals surface area contributed by atoms with Gasteiger partial charge in [0.05, 0.1) is 17.5 Å². The minimum absolute atomic E-state index is 0.0169. The van der Waals surface area contributed by atoms with Crippen molar-refractivity contribution in [2.45, 2.75) is 43.3 Å². The number of thioether (sulfide) groups is 1. The molecule has 6 nitrogen and oxygen atoms in total. The van der Waals surface area contributed by atoms with E-state index < -0.39 is 17.5 Å². The highest BCUT2D eigenvalue weighted by Crippen LogP contribution is 2.30. The molecule has 1 aromatic heterocycles. The van der Waals surface area contributed by atoms with Crippen LogP contribution in [-0.4, -0.2) is 31.9 Å². The third-order valence-corrected chi connectivity index (χ3v) is 4.85. The number of carbonyl (C=O) groups is 1. The molecular formula is C15H17F2N5OS. The van der Waals surface area contributed by atoms with Gasteiger partial charge in [-0.15, -0.1) is 5.10 Å². The van der Waals surface area contributed by atoms with Crippen LogP contribution >= 0.6 is 11.8 Å². The Labute approximate surface area is 142 Å². The number of nitrogens with zero attached hydrogens (tertiary/aromatic N) is 4. The van der Waals surface area contributed by atoms with E-state index in [1.165, 1.54) is 18.2 Å². The second-order valence-corrected chi connectivity index (χ2v) is 6.60. The molecule has 0 atom stereocenters. The lowest BCUT2D eigenvalue weighted by atomic mass is 9.96. The van der Waals surface area contributed by atoms with Gasteiger partial charge in [-0.25, -0.2) is 13.5 Å². The fourth-order valence-corrected chi connectivity index (χ4v) is 3.49. The van der Waals surface area contributed by atoms with E-state index in [1.54, 1.807) is 4.68 Å². The molecule has 1 aliphatic carbocycles. The molecule has 0 aliphatic heterocycles. The van der Waals surface area contributed by atoms with Crippen molar-refractivity contribution < 1.29 is 13.6 Å². The summed E-state index contributed by atoms with van der Waals surface area (Å²) in [5.41, 5.74) is -0.174. The molecule has 0 unspecified atom stereocenters. The highest BCUT2D eigenvalue weighted by molar-refractivity contribution is 7.99. The van der Waals surface area contributed by atoms with Gasteiger partial charge < -0.3 is 5.32 Å². The van der Waals surface area contributed by atoms with Crippen molar-refractivity contribution in [3.05, 3.63) is 29.8 Å². The van der Waals surface area contributed by atoms with Crippen LogP contribution in [-0.2, 0) is 4.79 Å². The molecule has 0 saturated heterocycles. The highest BCUT2D eigenvalue weighted by Gasteiger charge is 2.21. The van der Waals surface area contributed by atoms with E-state index in [2.05, 4.69) is 20.8 Å². The number of hydrogen-bond donors (Lipinski definition) is 1. The molecule has 1 aliphatic rings. The standard InChI is InChI=1S/C15H17F2N5OS/c16-10-6-7-12(17)13(8-10)18-14(23)9-24-15-19-20-21-22(15)11-4-2-1-3-5-11/h6-8,11H,1-5,9H2,(H,18,23). The lowest BCUT2D eigenvalue weighted by Crippen LogP contribution is -2.18. The predicted octanol–water partition coefficient (Wildman–Crippen LogP) is 3.19. The van der Waals surface area contributed by atoms with Crippen molar-refractivity contribution in [3.8, 4) is 0 Å². The molecule has 24 heavy (non-hydrogen) atoms. The summed E-state index contributed by atoms with van der Waals surface area (Å²) < 4.78 is 28.4. The molecule has 0 radical (unpaired) electrons. The number of amides is 1. The normalized spacial score (nSPS) is 15.4. The van der Waals surface area contributed by atoms with E-state index in [-0.39, 0.29) is 17.5 Å². The summed E-state index contributed by atoms with van der Waals surface area (Å²) >= 11 is 1.18. The highest BCUT2D eigenvalue weighted by atomic mass is 32.2. The zero-order valence-corrected chi connectivity index (χ0v) is 13.7. The van der Waals surface area contributed by atoms with Gasteiger partial charge in [0, 0.05) is 6.07 Å². The van der Waals surface area contributed by atoms with Gasteiger partial charge in [-0.3, -0.25) is 4.79 Å². The first kappa shape index (κ1) is 16.8. The Morgan fingerprint density at radius 2 is 2.08 bits per heavy atom. The molecule has 0 spiro atoms. The van der Waals surface area contributed by atoms with Crippen LogP contribution in [0, 0.1) is 11.6 Å². The summed E-state index contributed by atoms with van der Waals surface area (Å²) in [4.78, 5) is 12.0. The van der Waals surface area contributed by atoms with Gasteiger partial charge in [-0.1, -0.05) is 31.0 Å². The number of benzene rings is 1. The van der Waals surface area contributed by atoms with Crippen molar-refractivity contribution in [2.75, 3.05) is 11.1 Å². The lowest BCUT2D eigenvalue weighted by Gasteiger charge is -2.21. The van der Waals surface area contributed by atoms with E-state index in [0.717, 1.165) is 43.9 Å². The maximum Gasteiger partial charge on any atom is 0.234 e. The van der Waals surface area contributed by atoms with Gasteiger partial charge in [0.2, 0.25) is 11.1 Å². The van der Waals surface area contributed by atoms with Crippen molar-refractivity contribution >= 4 is 23.4 Å². The van der Waals surface area contributed by atoms with Crippen LogP contribution in [0.2, 0.25) is 0 Å². The smallest absolute Gasteiger partial charge is 0.234 e. The first-order chi connectivity index (χ1) is 11.6. The van der Waals surface area contributed by atoms with E-state index in [1.807, 2.05) is 0 Å². The van der Waals surface area contributed by atoms with Crippen LogP contribution in [0.3, 0.4) is 0 Å². The Morgan fingerprint density at radius 1 is 1.29 bits per heavy atom. The molecular weight excluding hydrogens is 336 g/mol. The van der Waals surface area contributed by atoms with Crippen LogP contribution < -0.4 is 5.32 Å². The SMILES string of the molecule is O=C(CSc1nnnn1C1CCCCC1)Nc1cc(F)ccc1F. The van der Waals surface area contributed by atoms with Crippen molar-refractivity contribution in [3.63, 3.8) is 0 Å². The topological polar surface area (TPSA) is 72.7 Å². The number of tetrazole rings is 1. The Hall–Kier alpha value is -2.03. The summed E-state index contributed by atoms with van der Waals surface area (Å²) in [5.74, 6) is -1.71. The van der Waals surface area contributed by atoms with Crippen molar-refractivity contribution in [2.24, 2.45) is 0 Å². The molecule has 1 saturated carbocycles. The second kappa shape index (κ2) is 7.69. The fourth-order valence-electron chi connectivity index (χ4n) is 2.74. The van der Waals surface area contributed by atoms with E-state index in [4.69, 9.17) is 0 Å². The molecule has 1 aromatic carbocycles. The maximum absolute atomic E-state index is 13.5. The Kier molecular flexibility index (Phi) is 5.39. The van der Waals surface area contributed by atoms with Gasteiger partial charge in [0.15, 0.2) is 0 Å². The number of anilines is 1.